The monoisotopic (exact) mass is 379 g/mol. The van der Waals surface area contributed by atoms with Gasteiger partial charge < -0.3 is 0 Å². The second-order valence-electron chi connectivity index (χ2n) is 7.82. The molecule has 0 unspecified atom stereocenters. The van der Waals surface area contributed by atoms with Crippen molar-refractivity contribution in [1.82, 2.24) is 9.55 Å². The predicted octanol–water partition coefficient (Wildman–Crippen LogP) is 5.19. The molecule has 6 rings (SSSR count). The molecule has 140 valence electrons. The molecule has 3 aromatic carbocycles. The molecule has 3 heteroatoms. The fourth-order valence-electron chi connectivity index (χ4n) is 4.69. The zero-order chi connectivity index (χ0) is 22.2. The van der Waals surface area contributed by atoms with E-state index in [1.807, 2.05) is 44.4 Å². The Morgan fingerprint density at radius 3 is 2.76 bits per heavy atom. The minimum absolute atomic E-state index is 0.345. The van der Waals surface area contributed by atoms with Crippen molar-refractivity contribution < 1.29 is 8.68 Å². The number of fused-ring (bicyclic) bond motifs is 6. The van der Waals surface area contributed by atoms with Crippen molar-refractivity contribution >= 4 is 21.8 Å². The zero-order valence-corrected chi connectivity index (χ0v) is 16.4. The maximum absolute atomic E-state index is 8.35. The Hall–Kier alpha value is -3.46. The van der Waals surface area contributed by atoms with E-state index in [2.05, 4.69) is 45.5 Å². The average Bonchev–Trinajstić information content (AvgIpc) is 3.28. The van der Waals surface area contributed by atoms with E-state index in [-0.39, 0.29) is 0 Å². The lowest BCUT2D eigenvalue weighted by Gasteiger charge is -2.12. The topological polar surface area (TPSA) is 21.7 Å². The van der Waals surface area contributed by atoms with Gasteiger partial charge in [-0.1, -0.05) is 36.4 Å². The lowest BCUT2D eigenvalue weighted by atomic mass is 9.95. The molecule has 2 aromatic heterocycles. The molecule has 0 amide bonds. The molecule has 1 aliphatic rings. The number of imidazole rings is 1. The van der Waals surface area contributed by atoms with Crippen LogP contribution >= 0.6 is 0 Å². The molecule has 0 atom stereocenters. The van der Waals surface area contributed by atoms with Crippen LogP contribution in [0.1, 0.15) is 26.6 Å². The van der Waals surface area contributed by atoms with Crippen molar-refractivity contribution in [3.63, 3.8) is 0 Å². The Kier molecular flexibility index (Phi) is 2.72. The number of para-hydroxylation sites is 1. The van der Waals surface area contributed by atoms with Crippen LogP contribution in [-0.2, 0) is 13.5 Å². The SMILES string of the molecule is [2H]C([2H])([2H])c1c(C)c(-c2c3ccccc3cc[n+]2C)cc2c1nc1n2-c2ccccc2C1. The Labute approximate surface area is 174 Å². The van der Waals surface area contributed by atoms with Gasteiger partial charge in [-0.25, -0.2) is 9.55 Å². The first-order valence-corrected chi connectivity index (χ1v) is 9.86. The zero-order valence-electron chi connectivity index (χ0n) is 19.4. The second-order valence-corrected chi connectivity index (χ2v) is 7.82. The summed E-state index contributed by atoms with van der Waals surface area (Å²) in [7, 11) is 2.01. The standard InChI is InChI=1S/C26H22N3/c1-16-17(2)25-23(29-22-11-7-5-9-19(22)14-24(29)27-25)15-21(16)26-20-10-6-4-8-18(20)12-13-28(26)3/h4-13,15H,14H2,1-3H3/q+1/i2D3. The predicted molar refractivity (Wildman–Crippen MR) is 117 cm³/mol. The molecular formula is C26H22N3+. The van der Waals surface area contributed by atoms with Crippen LogP contribution in [0.3, 0.4) is 0 Å². The van der Waals surface area contributed by atoms with Crippen molar-refractivity contribution in [3.05, 3.63) is 89.4 Å². The summed E-state index contributed by atoms with van der Waals surface area (Å²) < 4.78 is 29.3. The van der Waals surface area contributed by atoms with E-state index in [0.717, 1.165) is 44.6 Å². The molecule has 0 saturated heterocycles. The normalized spacial score (nSPS) is 14.5. The minimum atomic E-state index is -2.27. The summed E-state index contributed by atoms with van der Waals surface area (Å²) >= 11 is 0. The molecule has 1 aliphatic heterocycles. The van der Waals surface area contributed by atoms with E-state index in [1.165, 1.54) is 5.56 Å². The van der Waals surface area contributed by atoms with Gasteiger partial charge in [0.05, 0.1) is 27.7 Å². The fraction of sp³-hybridized carbons (Fsp3) is 0.154. The lowest BCUT2D eigenvalue weighted by Crippen LogP contribution is -2.30. The Morgan fingerprint density at radius 2 is 1.86 bits per heavy atom. The van der Waals surface area contributed by atoms with E-state index >= 15 is 0 Å². The van der Waals surface area contributed by atoms with E-state index < -0.39 is 6.85 Å². The summed E-state index contributed by atoms with van der Waals surface area (Å²) in [6.45, 7) is -0.354. The highest BCUT2D eigenvalue weighted by atomic mass is 15.1. The third kappa shape index (κ3) is 2.18. The van der Waals surface area contributed by atoms with Crippen molar-refractivity contribution in [2.45, 2.75) is 20.2 Å². The highest BCUT2D eigenvalue weighted by molar-refractivity contribution is 5.97. The van der Waals surface area contributed by atoms with Crippen LogP contribution in [0.5, 0.6) is 0 Å². The second kappa shape index (κ2) is 5.77. The molecule has 29 heavy (non-hydrogen) atoms. The van der Waals surface area contributed by atoms with Crippen molar-refractivity contribution in [3.8, 4) is 16.9 Å². The molecule has 0 N–H and O–H groups in total. The summed E-state index contributed by atoms with van der Waals surface area (Å²) in [5.74, 6) is 0.894. The summed E-state index contributed by atoms with van der Waals surface area (Å²) in [6, 6.07) is 20.7. The smallest absolute Gasteiger partial charge is 0.220 e. The summed E-state index contributed by atoms with van der Waals surface area (Å²) in [5, 5.41) is 2.22. The molecule has 0 aliphatic carbocycles. The maximum Gasteiger partial charge on any atom is 0.220 e. The molecule has 0 bridgehead atoms. The Bertz CT molecular complexity index is 1560. The Morgan fingerprint density at radius 1 is 1.03 bits per heavy atom. The molecule has 0 fully saturated rings. The van der Waals surface area contributed by atoms with Gasteiger partial charge in [0.2, 0.25) is 5.69 Å². The van der Waals surface area contributed by atoms with Crippen LogP contribution in [-0.4, -0.2) is 9.55 Å². The molecule has 3 nitrogen and oxygen atoms in total. The van der Waals surface area contributed by atoms with E-state index in [0.29, 0.717) is 17.5 Å². The largest absolute Gasteiger partial charge is 0.296 e. The molecule has 0 radical (unpaired) electrons. The Balaban J connectivity index is 1.78. The van der Waals surface area contributed by atoms with Crippen LogP contribution in [0.15, 0.2) is 66.9 Å². The van der Waals surface area contributed by atoms with Gasteiger partial charge in [-0.3, -0.25) is 4.57 Å². The first kappa shape index (κ1) is 13.7. The van der Waals surface area contributed by atoms with Crippen LogP contribution in [0.4, 0.5) is 0 Å². The van der Waals surface area contributed by atoms with Gasteiger partial charge in [0.25, 0.3) is 0 Å². The first-order valence-electron chi connectivity index (χ1n) is 11.4. The quantitative estimate of drug-likeness (QED) is 0.360. The first-order chi connectivity index (χ1) is 15.3. The van der Waals surface area contributed by atoms with E-state index in [1.54, 1.807) is 0 Å². The maximum atomic E-state index is 8.35. The number of pyridine rings is 1. The number of hydrogen-bond donors (Lipinski definition) is 0. The van der Waals surface area contributed by atoms with Gasteiger partial charge in [-0.15, -0.1) is 0 Å². The number of benzene rings is 3. The van der Waals surface area contributed by atoms with E-state index in [4.69, 9.17) is 9.10 Å². The van der Waals surface area contributed by atoms with Crippen molar-refractivity contribution in [2.24, 2.45) is 7.05 Å². The van der Waals surface area contributed by atoms with Crippen LogP contribution < -0.4 is 4.57 Å². The third-order valence-corrected chi connectivity index (χ3v) is 6.16. The average molecular weight is 380 g/mol. The molecule has 5 aromatic rings. The van der Waals surface area contributed by atoms with Gasteiger partial charge in [0, 0.05) is 16.6 Å². The number of hydrogen-bond acceptors (Lipinski definition) is 1. The number of aromatic nitrogens is 3. The van der Waals surface area contributed by atoms with Crippen LogP contribution in [0.25, 0.3) is 38.8 Å². The van der Waals surface area contributed by atoms with Gasteiger partial charge in [-0.05, 0) is 54.1 Å². The molecule has 3 heterocycles. The summed E-state index contributed by atoms with van der Waals surface area (Å²) in [6.07, 6.45) is 2.74. The van der Waals surface area contributed by atoms with E-state index in [9.17, 15) is 0 Å². The highest BCUT2D eigenvalue weighted by Gasteiger charge is 2.26. The van der Waals surface area contributed by atoms with Crippen molar-refractivity contribution in [1.29, 1.82) is 0 Å². The summed E-state index contributed by atoms with van der Waals surface area (Å²) in [5.41, 5.74) is 6.77. The minimum Gasteiger partial charge on any atom is -0.296 e. The van der Waals surface area contributed by atoms with Gasteiger partial charge in [0.1, 0.15) is 12.9 Å². The number of rotatable bonds is 1. The number of aryl methyl sites for hydroxylation is 2. The van der Waals surface area contributed by atoms with Crippen LogP contribution in [0.2, 0.25) is 0 Å². The van der Waals surface area contributed by atoms with Crippen LogP contribution in [0, 0.1) is 13.8 Å². The molecule has 0 spiro atoms. The summed E-state index contributed by atoms with van der Waals surface area (Å²) in [4.78, 5) is 4.85. The molecule has 0 saturated carbocycles. The third-order valence-electron chi connectivity index (χ3n) is 6.16. The van der Waals surface area contributed by atoms with Gasteiger partial charge in [0.15, 0.2) is 6.20 Å². The lowest BCUT2D eigenvalue weighted by molar-refractivity contribution is -0.659. The van der Waals surface area contributed by atoms with Gasteiger partial charge >= 0.3 is 0 Å². The molecular weight excluding hydrogens is 354 g/mol. The highest BCUT2D eigenvalue weighted by Crippen LogP contribution is 2.38. The fourth-order valence-corrected chi connectivity index (χ4v) is 4.69. The van der Waals surface area contributed by atoms with Crippen molar-refractivity contribution in [2.75, 3.05) is 0 Å². The number of nitrogens with zero attached hydrogens (tertiary/aromatic N) is 3. The van der Waals surface area contributed by atoms with Gasteiger partial charge in [-0.2, -0.15) is 0 Å².